The summed E-state index contributed by atoms with van der Waals surface area (Å²) in [7, 11) is 0. The summed E-state index contributed by atoms with van der Waals surface area (Å²) in [5.41, 5.74) is 6.91. The van der Waals surface area contributed by atoms with Crippen molar-refractivity contribution in [2.45, 2.75) is 13.2 Å². The quantitative estimate of drug-likeness (QED) is 0.0845. The van der Waals surface area contributed by atoms with Gasteiger partial charge < -0.3 is 20.5 Å². The zero-order valence-corrected chi connectivity index (χ0v) is 29.1. The van der Waals surface area contributed by atoms with Gasteiger partial charge in [0.1, 0.15) is 28.9 Å². The van der Waals surface area contributed by atoms with Crippen LogP contribution in [0.3, 0.4) is 0 Å². The Hall–Kier alpha value is -5.34. The van der Waals surface area contributed by atoms with E-state index in [1.807, 2.05) is 42.5 Å². The van der Waals surface area contributed by atoms with Gasteiger partial charge in [0.15, 0.2) is 0 Å². The molecule has 0 bridgehead atoms. The van der Waals surface area contributed by atoms with E-state index >= 15 is 0 Å². The first-order chi connectivity index (χ1) is 24.4. The molecule has 1 fully saturated rings. The standard InChI is InChI=1S/C37H36FN7O4S.ClH/c38-29-7-4-8-31(20-29)42-37(48)41-30-11-9-27(10-12-30)36-40-32(25-50-36)22-44-15-17-45(18-16-44)23-35(47)43-39-21-28-19-33(13-14-34(28)46)49-24-26-5-2-1-3-6-26;/h1-14,19-21,25,46H,15-18,22-24H2,(H,43,47)(H2,41,42,48);1H/b39-21+;. The Morgan fingerprint density at radius 2 is 1.65 bits per heavy atom. The van der Waals surface area contributed by atoms with Crippen LogP contribution in [0.1, 0.15) is 16.8 Å². The number of phenols is 1. The smallest absolute Gasteiger partial charge is 0.323 e. The zero-order chi connectivity index (χ0) is 34.7. The number of nitrogens with one attached hydrogen (secondary N) is 3. The number of nitrogens with zero attached hydrogens (tertiary/aromatic N) is 4. The normalized spacial score (nSPS) is 13.4. The lowest BCUT2D eigenvalue weighted by molar-refractivity contribution is -0.122. The summed E-state index contributed by atoms with van der Waals surface area (Å²) in [6.07, 6.45) is 1.41. The number of carbonyl (C=O) groups is 2. The van der Waals surface area contributed by atoms with Crippen LogP contribution in [0.4, 0.5) is 20.6 Å². The van der Waals surface area contributed by atoms with Gasteiger partial charge in [0.2, 0.25) is 0 Å². The minimum absolute atomic E-state index is 0. The summed E-state index contributed by atoms with van der Waals surface area (Å²) in [6, 6.07) is 27.3. The number of phenolic OH excluding ortho intramolecular Hbond substituents is 1. The van der Waals surface area contributed by atoms with Crippen LogP contribution in [0, 0.1) is 5.82 Å². The molecule has 3 amide bonds. The van der Waals surface area contributed by atoms with Gasteiger partial charge in [0, 0.05) is 60.6 Å². The molecule has 0 unspecified atom stereocenters. The third kappa shape index (κ3) is 11.1. The Bertz CT molecular complexity index is 1940. The molecule has 1 aromatic heterocycles. The molecular formula is C37H37ClFN7O4S. The molecule has 0 radical (unpaired) electrons. The van der Waals surface area contributed by atoms with Gasteiger partial charge in [-0.2, -0.15) is 5.10 Å². The van der Waals surface area contributed by atoms with Gasteiger partial charge >= 0.3 is 6.03 Å². The molecule has 51 heavy (non-hydrogen) atoms. The van der Waals surface area contributed by atoms with Gasteiger partial charge in [-0.1, -0.05) is 36.4 Å². The molecule has 0 saturated carbocycles. The van der Waals surface area contributed by atoms with Crippen LogP contribution in [-0.4, -0.2) is 70.8 Å². The number of aromatic hydroxyl groups is 1. The van der Waals surface area contributed by atoms with Gasteiger partial charge in [-0.3, -0.25) is 14.6 Å². The molecule has 0 aliphatic carbocycles. The molecule has 0 spiro atoms. The predicted octanol–water partition coefficient (Wildman–Crippen LogP) is 6.57. The maximum absolute atomic E-state index is 13.4. The van der Waals surface area contributed by atoms with E-state index in [1.165, 1.54) is 30.5 Å². The topological polar surface area (TPSA) is 131 Å². The van der Waals surface area contributed by atoms with Crippen LogP contribution < -0.4 is 20.8 Å². The number of thiazole rings is 1. The van der Waals surface area contributed by atoms with Crippen molar-refractivity contribution < 1.29 is 23.8 Å². The largest absolute Gasteiger partial charge is 0.507 e. The van der Waals surface area contributed by atoms with Crippen molar-refractivity contribution in [3.63, 3.8) is 0 Å². The molecule has 264 valence electrons. The summed E-state index contributed by atoms with van der Waals surface area (Å²) in [5.74, 6) is -0.0358. The zero-order valence-electron chi connectivity index (χ0n) is 27.5. The minimum Gasteiger partial charge on any atom is -0.507 e. The first-order valence-electron chi connectivity index (χ1n) is 16.0. The number of carbonyl (C=O) groups excluding carboxylic acids is 2. The number of anilines is 2. The van der Waals surface area contributed by atoms with Crippen LogP contribution in [0.5, 0.6) is 11.5 Å². The number of amides is 3. The number of hydrazone groups is 1. The van der Waals surface area contributed by atoms with Crippen molar-refractivity contribution in [2.75, 3.05) is 43.4 Å². The minimum atomic E-state index is -0.460. The molecule has 1 aliphatic rings. The number of aromatic nitrogens is 1. The highest BCUT2D eigenvalue weighted by Crippen LogP contribution is 2.26. The highest BCUT2D eigenvalue weighted by Gasteiger charge is 2.20. The summed E-state index contributed by atoms with van der Waals surface area (Å²) < 4.78 is 19.2. The van der Waals surface area contributed by atoms with Gasteiger partial charge in [0.05, 0.1) is 18.5 Å². The summed E-state index contributed by atoms with van der Waals surface area (Å²) in [6.45, 7) is 4.38. The summed E-state index contributed by atoms with van der Waals surface area (Å²) in [5, 5.41) is 22.6. The van der Waals surface area contributed by atoms with E-state index in [1.54, 1.807) is 41.7 Å². The van der Waals surface area contributed by atoms with Crippen LogP contribution in [0.25, 0.3) is 10.6 Å². The van der Waals surface area contributed by atoms with Crippen LogP contribution in [0.15, 0.2) is 108 Å². The van der Waals surface area contributed by atoms with E-state index in [2.05, 4.69) is 36.3 Å². The number of rotatable bonds is 12. The molecule has 1 aliphatic heterocycles. The second kappa shape index (κ2) is 18.1. The predicted molar refractivity (Wildman–Crippen MR) is 200 cm³/mol. The van der Waals surface area contributed by atoms with Crippen molar-refractivity contribution in [3.05, 3.63) is 125 Å². The average Bonchev–Trinajstić information content (AvgIpc) is 3.58. The molecule has 0 atom stereocenters. The molecule has 14 heteroatoms. The molecule has 2 heterocycles. The Balaban J connectivity index is 0.00000504. The van der Waals surface area contributed by atoms with E-state index in [9.17, 15) is 19.1 Å². The van der Waals surface area contributed by atoms with E-state index in [0.29, 0.717) is 35.8 Å². The molecule has 11 nitrogen and oxygen atoms in total. The lowest BCUT2D eigenvalue weighted by Crippen LogP contribution is -2.48. The lowest BCUT2D eigenvalue weighted by Gasteiger charge is -2.33. The van der Waals surface area contributed by atoms with E-state index in [4.69, 9.17) is 9.72 Å². The Morgan fingerprint density at radius 1 is 0.902 bits per heavy atom. The third-order valence-corrected chi connectivity index (χ3v) is 8.82. The second-order valence-corrected chi connectivity index (χ2v) is 12.5. The molecule has 4 N–H and O–H groups in total. The highest BCUT2D eigenvalue weighted by molar-refractivity contribution is 7.13. The SMILES string of the molecule is Cl.O=C(CN1CCN(Cc2csc(-c3ccc(NC(=O)Nc4cccc(F)c4)cc3)n2)CC1)N/N=C/c1cc(OCc2ccccc2)ccc1O. The first kappa shape index (κ1) is 36.9. The van der Waals surface area contributed by atoms with Crippen LogP contribution >= 0.6 is 23.7 Å². The number of urea groups is 1. The van der Waals surface area contributed by atoms with Gasteiger partial charge in [-0.05, 0) is 66.2 Å². The second-order valence-electron chi connectivity index (χ2n) is 11.7. The fraction of sp³-hybridized carbons (Fsp3) is 0.189. The van der Waals surface area contributed by atoms with Gasteiger partial charge in [0.25, 0.3) is 5.91 Å². The van der Waals surface area contributed by atoms with Crippen molar-refractivity contribution in [2.24, 2.45) is 5.10 Å². The van der Waals surface area contributed by atoms with Crippen molar-refractivity contribution in [1.29, 1.82) is 0 Å². The van der Waals surface area contributed by atoms with Crippen molar-refractivity contribution in [1.82, 2.24) is 20.2 Å². The van der Waals surface area contributed by atoms with Crippen LogP contribution in [0.2, 0.25) is 0 Å². The average molecular weight is 730 g/mol. The van der Waals surface area contributed by atoms with E-state index < -0.39 is 11.8 Å². The van der Waals surface area contributed by atoms with Crippen molar-refractivity contribution in [3.8, 4) is 22.1 Å². The van der Waals surface area contributed by atoms with Crippen molar-refractivity contribution >= 4 is 53.3 Å². The molecule has 5 aromatic rings. The fourth-order valence-corrected chi connectivity index (χ4v) is 6.10. The number of piperazine rings is 1. The van der Waals surface area contributed by atoms with Crippen LogP contribution in [-0.2, 0) is 17.9 Å². The molecule has 6 rings (SSSR count). The lowest BCUT2D eigenvalue weighted by atomic mass is 10.2. The maximum Gasteiger partial charge on any atom is 0.323 e. The monoisotopic (exact) mass is 729 g/mol. The summed E-state index contributed by atoms with van der Waals surface area (Å²) >= 11 is 1.56. The van der Waals surface area contributed by atoms with E-state index in [0.717, 1.165) is 48.0 Å². The summed E-state index contributed by atoms with van der Waals surface area (Å²) in [4.78, 5) is 34.0. The molecule has 4 aromatic carbocycles. The number of benzene rings is 4. The fourth-order valence-electron chi connectivity index (χ4n) is 5.28. The van der Waals surface area contributed by atoms with Gasteiger partial charge in [-0.15, -0.1) is 23.7 Å². The highest BCUT2D eigenvalue weighted by atomic mass is 35.5. The molecule has 1 saturated heterocycles. The van der Waals surface area contributed by atoms with Gasteiger partial charge in [-0.25, -0.2) is 19.6 Å². The Morgan fingerprint density at radius 3 is 2.41 bits per heavy atom. The number of hydrogen-bond donors (Lipinski definition) is 4. The number of hydrogen-bond acceptors (Lipinski definition) is 9. The first-order valence-corrected chi connectivity index (χ1v) is 16.9. The molecular weight excluding hydrogens is 693 g/mol. The third-order valence-electron chi connectivity index (χ3n) is 7.88. The Kier molecular flexibility index (Phi) is 13.1. The Labute approximate surface area is 305 Å². The van der Waals surface area contributed by atoms with E-state index in [-0.39, 0.29) is 30.6 Å². The maximum atomic E-state index is 13.4. The number of ether oxygens (including phenoxy) is 1. The number of halogens is 2.